The highest BCUT2D eigenvalue weighted by Gasteiger charge is 2.70. The molecule has 164 valence electrons. The van der Waals surface area contributed by atoms with Crippen molar-refractivity contribution in [1.29, 1.82) is 0 Å². The molecule has 0 saturated carbocycles. The summed E-state index contributed by atoms with van der Waals surface area (Å²) in [6.45, 7) is 0. The van der Waals surface area contributed by atoms with Crippen LogP contribution < -0.4 is 15.5 Å². The summed E-state index contributed by atoms with van der Waals surface area (Å²) >= 11 is 0. The summed E-state index contributed by atoms with van der Waals surface area (Å²) in [7, 11) is 0. The van der Waals surface area contributed by atoms with Crippen LogP contribution in [-0.2, 0) is 26.3 Å². The van der Waals surface area contributed by atoms with Crippen LogP contribution >= 0.6 is 0 Å². The molecule has 6 nitrogen and oxygen atoms in total. The number of hydrogen-bond acceptors (Lipinski definition) is 4. The topological polar surface area (TPSA) is 78.5 Å². The second kappa shape index (κ2) is 7.08. The molecule has 0 aromatic heterocycles. The number of anilines is 2. The fourth-order valence-electron chi connectivity index (χ4n) is 5.65. The van der Waals surface area contributed by atoms with E-state index in [1.165, 1.54) is 24.3 Å². The standard InChI is InChI=1S/C26H20FN3O3/c27-16-10-12-17(13-11-16)30-23(31)21-20(14-15-6-2-1-3-7-15)29-26(22(21)24(30)32)18-8-4-5-9-19(18)28-25(26)33/h1-13,20-22,29H,14H2,(H,28,33)/t20-,21+,22+,26+/m0/s1. The molecule has 3 aliphatic heterocycles. The average molecular weight is 441 g/mol. The first-order valence-corrected chi connectivity index (χ1v) is 10.9. The molecule has 2 fully saturated rings. The van der Waals surface area contributed by atoms with Crippen LogP contribution in [0.4, 0.5) is 15.8 Å². The zero-order chi connectivity index (χ0) is 22.7. The third-order valence-electron chi connectivity index (χ3n) is 7.01. The van der Waals surface area contributed by atoms with Crippen LogP contribution in [0.3, 0.4) is 0 Å². The number of rotatable bonds is 3. The number of benzene rings is 3. The van der Waals surface area contributed by atoms with Gasteiger partial charge in [0.05, 0.1) is 17.5 Å². The third-order valence-corrected chi connectivity index (χ3v) is 7.01. The van der Waals surface area contributed by atoms with Crippen LogP contribution in [0.15, 0.2) is 78.9 Å². The molecular formula is C26H20FN3O3. The van der Waals surface area contributed by atoms with Gasteiger partial charge in [0.25, 0.3) is 0 Å². The lowest BCUT2D eigenvalue weighted by Gasteiger charge is -2.29. The van der Waals surface area contributed by atoms with E-state index < -0.39 is 35.1 Å². The van der Waals surface area contributed by atoms with Crippen LogP contribution in [-0.4, -0.2) is 23.8 Å². The van der Waals surface area contributed by atoms with Gasteiger partial charge in [-0.15, -0.1) is 0 Å². The summed E-state index contributed by atoms with van der Waals surface area (Å²) in [4.78, 5) is 42.0. The number of para-hydroxylation sites is 1. The quantitative estimate of drug-likeness (QED) is 0.613. The number of nitrogens with zero attached hydrogens (tertiary/aromatic N) is 1. The maximum absolute atomic E-state index is 13.8. The molecule has 0 unspecified atom stereocenters. The smallest absolute Gasteiger partial charge is 0.250 e. The van der Waals surface area contributed by atoms with Gasteiger partial charge in [-0.05, 0) is 42.3 Å². The lowest BCUT2D eigenvalue weighted by atomic mass is 9.76. The van der Waals surface area contributed by atoms with Gasteiger partial charge in [0.15, 0.2) is 0 Å². The maximum atomic E-state index is 13.8. The predicted molar refractivity (Wildman–Crippen MR) is 120 cm³/mol. The molecule has 6 rings (SSSR count). The fourth-order valence-corrected chi connectivity index (χ4v) is 5.65. The highest BCUT2D eigenvalue weighted by molar-refractivity contribution is 6.25. The Labute approximate surface area is 189 Å². The Hall–Kier alpha value is -3.84. The molecule has 3 aromatic rings. The van der Waals surface area contributed by atoms with Gasteiger partial charge in [0, 0.05) is 17.3 Å². The van der Waals surface area contributed by atoms with Crippen molar-refractivity contribution in [2.45, 2.75) is 18.0 Å². The molecule has 7 heteroatoms. The number of amides is 3. The molecule has 3 amide bonds. The van der Waals surface area contributed by atoms with Gasteiger partial charge in [-0.3, -0.25) is 19.7 Å². The molecule has 33 heavy (non-hydrogen) atoms. The molecule has 2 N–H and O–H groups in total. The van der Waals surface area contributed by atoms with Gasteiger partial charge >= 0.3 is 0 Å². The second-order valence-electron chi connectivity index (χ2n) is 8.74. The number of hydrogen-bond donors (Lipinski definition) is 2. The molecule has 3 aromatic carbocycles. The van der Waals surface area contributed by atoms with Crippen molar-refractivity contribution < 1.29 is 18.8 Å². The highest BCUT2D eigenvalue weighted by atomic mass is 19.1. The summed E-state index contributed by atoms with van der Waals surface area (Å²) in [5.41, 5.74) is 1.26. The zero-order valence-corrected chi connectivity index (χ0v) is 17.5. The van der Waals surface area contributed by atoms with Crippen molar-refractivity contribution in [3.05, 3.63) is 95.8 Å². The van der Waals surface area contributed by atoms with Crippen molar-refractivity contribution in [2.75, 3.05) is 10.2 Å². The molecule has 3 heterocycles. The molecule has 0 bridgehead atoms. The molecule has 1 spiro atoms. The summed E-state index contributed by atoms with van der Waals surface area (Å²) < 4.78 is 13.5. The normalized spacial score (nSPS) is 27.7. The van der Waals surface area contributed by atoms with E-state index in [0.29, 0.717) is 23.4 Å². The van der Waals surface area contributed by atoms with Crippen molar-refractivity contribution in [3.63, 3.8) is 0 Å². The largest absolute Gasteiger partial charge is 0.324 e. The van der Waals surface area contributed by atoms with Crippen LogP contribution in [0, 0.1) is 17.7 Å². The van der Waals surface area contributed by atoms with Gasteiger partial charge in [-0.2, -0.15) is 0 Å². The number of nitrogens with one attached hydrogen (secondary N) is 2. The van der Waals surface area contributed by atoms with Gasteiger partial charge in [-0.1, -0.05) is 48.5 Å². The van der Waals surface area contributed by atoms with Crippen molar-refractivity contribution in [1.82, 2.24) is 5.32 Å². The Morgan fingerprint density at radius 3 is 2.30 bits per heavy atom. The van der Waals surface area contributed by atoms with Gasteiger partial charge in [-0.25, -0.2) is 9.29 Å². The van der Waals surface area contributed by atoms with Crippen molar-refractivity contribution in [3.8, 4) is 0 Å². The van der Waals surface area contributed by atoms with E-state index in [-0.39, 0.29) is 11.8 Å². The Kier molecular flexibility index (Phi) is 4.25. The highest BCUT2D eigenvalue weighted by Crippen LogP contribution is 2.53. The van der Waals surface area contributed by atoms with E-state index in [2.05, 4.69) is 10.6 Å². The fraction of sp³-hybridized carbons (Fsp3) is 0.192. The predicted octanol–water partition coefficient (Wildman–Crippen LogP) is 2.99. The summed E-state index contributed by atoms with van der Waals surface area (Å²) in [6.07, 6.45) is 0.482. The Bertz CT molecular complexity index is 1290. The minimum atomic E-state index is -1.35. The van der Waals surface area contributed by atoms with Crippen LogP contribution in [0.25, 0.3) is 0 Å². The minimum Gasteiger partial charge on any atom is -0.324 e. The van der Waals surface area contributed by atoms with Crippen molar-refractivity contribution >= 4 is 29.1 Å². The molecule has 0 radical (unpaired) electrons. The number of halogens is 1. The van der Waals surface area contributed by atoms with Crippen LogP contribution in [0.1, 0.15) is 11.1 Å². The number of imide groups is 1. The van der Waals surface area contributed by atoms with Crippen molar-refractivity contribution in [2.24, 2.45) is 11.8 Å². The Balaban J connectivity index is 1.49. The number of carbonyl (C=O) groups is 3. The SMILES string of the molecule is O=C1[C@@H]2[C@H](Cc3ccccc3)N[C@@]3(C(=O)Nc4ccccc43)[C@H]2C(=O)N1c1ccc(F)cc1. The molecule has 3 aliphatic rings. The van der Waals surface area contributed by atoms with E-state index in [9.17, 15) is 18.8 Å². The summed E-state index contributed by atoms with van der Waals surface area (Å²) in [5.74, 6) is -3.27. The molecule has 4 atom stereocenters. The number of fused-ring (bicyclic) bond motifs is 4. The van der Waals surface area contributed by atoms with Gasteiger partial charge < -0.3 is 5.32 Å². The third kappa shape index (κ3) is 2.72. The maximum Gasteiger partial charge on any atom is 0.250 e. The van der Waals surface area contributed by atoms with E-state index in [4.69, 9.17) is 0 Å². The first-order chi connectivity index (χ1) is 16.0. The molecule has 0 aliphatic carbocycles. The lowest BCUT2D eigenvalue weighted by Crippen LogP contribution is -2.53. The van der Waals surface area contributed by atoms with E-state index in [1.807, 2.05) is 48.5 Å². The van der Waals surface area contributed by atoms with E-state index in [1.54, 1.807) is 6.07 Å². The van der Waals surface area contributed by atoms with Gasteiger partial charge in [0.1, 0.15) is 11.4 Å². The molecule has 2 saturated heterocycles. The van der Waals surface area contributed by atoms with Crippen LogP contribution in [0.2, 0.25) is 0 Å². The Morgan fingerprint density at radius 1 is 0.848 bits per heavy atom. The average Bonchev–Trinajstić information content (AvgIpc) is 3.40. The second-order valence-corrected chi connectivity index (χ2v) is 8.74. The zero-order valence-electron chi connectivity index (χ0n) is 17.5. The summed E-state index contributed by atoms with van der Waals surface area (Å²) in [5, 5.41) is 6.32. The van der Waals surface area contributed by atoms with Crippen LogP contribution in [0.5, 0.6) is 0 Å². The summed E-state index contributed by atoms with van der Waals surface area (Å²) in [6, 6.07) is 21.8. The first kappa shape index (κ1) is 19.8. The van der Waals surface area contributed by atoms with E-state index in [0.717, 1.165) is 10.5 Å². The Morgan fingerprint density at radius 2 is 1.55 bits per heavy atom. The minimum absolute atomic E-state index is 0.307. The number of carbonyl (C=O) groups excluding carboxylic acids is 3. The molecular weight excluding hydrogens is 421 g/mol. The first-order valence-electron chi connectivity index (χ1n) is 10.9. The lowest BCUT2D eigenvalue weighted by molar-refractivity contribution is -0.130. The van der Waals surface area contributed by atoms with E-state index >= 15 is 0 Å². The monoisotopic (exact) mass is 441 g/mol. The van der Waals surface area contributed by atoms with Gasteiger partial charge in [0.2, 0.25) is 17.7 Å².